The normalized spacial score (nSPS) is 12.1. The number of nitrogens with one attached hydrogen (secondary N) is 1. The van der Waals surface area contributed by atoms with Gasteiger partial charge >= 0.3 is 5.97 Å². The molecule has 0 spiro atoms. The molecular formula is C31H49F4NO10. The largest absolute Gasteiger partial charge is 0.420 e. The lowest BCUT2D eigenvalue weighted by molar-refractivity contribution is -0.136. The molecule has 1 unspecified atom stereocenters. The Hall–Kier alpha value is -2.40. The molecule has 1 N–H and O–H groups in total. The Morgan fingerprint density at radius 1 is 0.609 bits per heavy atom. The van der Waals surface area contributed by atoms with E-state index in [1.54, 1.807) is 0 Å². The summed E-state index contributed by atoms with van der Waals surface area (Å²) >= 11 is 0. The molecule has 1 rings (SSSR count). The lowest BCUT2D eigenvalue weighted by atomic mass is 9.95. The van der Waals surface area contributed by atoms with E-state index in [1.807, 2.05) is 0 Å². The van der Waals surface area contributed by atoms with Crippen LogP contribution in [0.1, 0.15) is 40.0 Å². The monoisotopic (exact) mass is 671 g/mol. The number of carbonyl (C=O) groups is 2. The maximum atomic E-state index is 13.5. The number of hydrogen-bond acceptors (Lipinski definition) is 10. The van der Waals surface area contributed by atoms with Crippen molar-refractivity contribution in [3.63, 3.8) is 0 Å². The molecule has 1 aromatic rings. The standard InChI is InChI=1S/C31H49F4NO10/c1-23(2)24(3)4-7-36-27(37)5-8-39-10-12-41-14-16-43-18-20-45-21-19-44-17-15-42-13-11-40-9-6-28(38)46-31-29(34)25(32)22-26(33)30(31)35/h22-24H,4-21H2,1-3H3,(H,36,37). The molecule has 0 saturated carbocycles. The molecule has 0 fully saturated rings. The molecule has 1 aromatic carbocycles. The number of halogens is 4. The average molecular weight is 672 g/mol. The third-order valence-electron chi connectivity index (χ3n) is 6.50. The van der Waals surface area contributed by atoms with E-state index in [0.717, 1.165) is 6.42 Å². The number of carbonyl (C=O) groups excluding carboxylic acids is 2. The van der Waals surface area contributed by atoms with Crippen molar-refractivity contribution in [1.82, 2.24) is 5.32 Å². The van der Waals surface area contributed by atoms with Crippen LogP contribution in [0.4, 0.5) is 17.6 Å². The first-order valence-electron chi connectivity index (χ1n) is 15.5. The quantitative estimate of drug-likeness (QED) is 0.0443. The highest BCUT2D eigenvalue weighted by Gasteiger charge is 2.23. The van der Waals surface area contributed by atoms with Crippen LogP contribution < -0.4 is 10.1 Å². The molecule has 15 heteroatoms. The molecule has 0 radical (unpaired) electrons. The number of rotatable bonds is 29. The summed E-state index contributed by atoms with van der Waals surface area (Å²) in [6, 6.07) is 0.0176. The SMILES string of the molecule is CC(C)C(C)CCNC(=O)CCOCCOCCOCCOCCOCCOCCOCCC(=O)Oc1c(F)c(F)cc(F)c1F. The summed E-state index contributed by atoms with van der Waals surface area (Å²) in [6.07, 6.45) is 0.916. The van der Waals surface area contributed by atoms with Gasteiger partial charge in [-0.05, 0) is 18.3 Å². The van der Waals surface area contributed by atoms with E-state index in [4.69, 9.17) is 33.2 Å². The molecule has 11 nitrogen and oxygen atoms in total. The Morgan fingerprint density at radius 3 is 1.37 bits per heavy atom. The molecule has 0 aliphatic heterocycles. The fourth-order valence-corrected chi connectivity index (χ4v) is 3.41. The summed E-state index contributed by atoms with van der Waals surface area (Å²) in [4.78, 5) is 23.4. The average Bonchev–Trinajstić information content (AvgIpc) is 3.02. The first-order chi connectivity index (χ1) is 22.1. The van der Waals surface area contributed by atoms with E-state index in [2.05, 4.69) is 30.8 Å². The topological polar surface area (TPSA) is 120 Å². The number of amides is 1. The van der Waals surface area contributed by atoms with Crippen molar-refractivity contribution in [3.8, 4) is 5.75 Å². The van der Waals surface area contributed by atoms with Gasteiger partial charge in [0.25, 0.3) is 0 Å². The second-order valence-electron chi connectivity index (χ2n) is 10.4. The van der Waals surface area contributed by atoms with E-state index in [-0.39, 0.29) is 31.8 Å². The van der Waals surface area contributed by atoms with Crippen LogP contribution in [0.2, 0.25) is 0 Å². The Kier molecular flexibility index (Phi) is 24.1. The van der Waals surface area contributed by atoms with Crippen LogP contribution in [0.5, 0.6) is 5.75 Å². The summed E-state index contributed by atoms with van der Waals surface area (Å²) in [6.45, 7) is 11.7. The molecule has 46 heavy (non-hydrogen) atoms. The lowest BCUT2D eigenvalue weighted by Gasteiger charge is -2.15. The molecule has 0 bridgehead atoms. The predicted molar refractivity (Wildman–Crippen MR) is 159 cm³/mol. The molecule has 0 saturated heterocycles. The van der Waals surface area contributed by atoms with Gasteiger partial charge in [-0.1, -0.05) is 20.8 Å². The molecule has 0 heterocycles. The van der Waals surface area contributed by atoms with Gasteiger partial charge in [0, 0.05) is 19.0 Å². The summed E-state index contributed by atoms with van der Waals surface area (Å²) < 4.78 is 95.2. The minimum Gasteiger partial charge on any atom is -0.420 e. The molecular weight excluding hydrogens is 622 g/mol. The molecule has 1 atom stereocenters. The van der Waals surface area contributed by atoms with Crippen molar-refractivity contribution < 1.29 is 65.0 Å². The Labute approximate surface area is 268 Å². The van der Waals surface area contributed by atoms with Gasteiger partial charge in [0.2, 0.25) is 23.3 Å². The van der Waals surface area contributed by atoms with Crippen molar-refractivity contribution in [3.05, 3.63) is 29.3 Å². The van der Waals surface area contributed by atoms with E-state index in [1.165, 1.54) is 0 Å². The molecule has 266 valence electrons. The van der Waals surface area contributed by atoms with Gasteiger partial charge in [0.1, 0.15) is 0 Å². The molecule has 0 aromatic heterocycles. The van der Waals surface area contributed by atoms with Gasteiger partial charge in [-0.15, -0.1) is 0 Å². The van der Waals surface area contributed by atoms with Gasteiger partial charge in [-0.3, -0.25) is 9.59 Å². The van der Waals surface area contributed by atoms with Crippen LogP contribution in [0.15, 0.2) is 6.07 Å². The zero-order chi connectivity index (χ0) is 34.0. The highest BCUT2D eigenvalue weighted by atomic mass is 19.2. The van der Waals surface area contributed by atoms with Crippen LogP contribution in [0.3, 0.4) is 0 Å². The first kappa shape index (κ1) is 41.6. The van der Waals surface area contributed by atoms with Gasteiger partial charge in [-0.25, -0.2) is 8.78 Å². The highest BCUT2D eigenvalue weighted by molar-refractivity contribution is 5.75. The first-order valence-corrected chi connectivity index (χ1v) is 15.5. The van der Waals surface area contributed by atoms with Crippen molar-refractivity contribution in [2.75, 3.05) is 99.0 Å². The lowest BCUT2D eigenvalue weighted by Crippen LogP contribution is -2.27. The number of esters is 1. The van der Waals surface area contributed by atoms with Gasteiger partial charge in [-0.2, -0.15) is 8.78 Å². The smallest absolute Gasteiger partial charge is 0.313 e. The van der Waals surface area contributed by atoms with Crippen LogP contribution in [0, 0.1) is 35.1 Å². The summed E-state index contributed by atoms with van der Waals surface area (Å²) in [7, 11) is 0. The third kappa shape index (κ3) is 20.7. The van der Waals surface area contributed by atoms with E-state index in [0.29, 0.717) is 97.5 Å². The van der Waals surface area contributed by atoms with E-state index >= 15 is 0 Å². The molecule has 0 aliphatic rings. The Bertz CT molecular complexity index is 947. The summed E-state index contributed by atoms with van der Waals surface area (Å²) in [5.41, 5.74) is 0. The molecule has 1 amide bonds. The Morgan fingerprint density at radius 2 is 0.978 bits per heavy atom. The maximum Gasteiger partial charge on any atom is 0.313 e. The van der Waals surface area contributed by atoms with Crippen LogP contribution in [0.25, 0.3) is 0 Å². The van der Waals surface area contributed by atoms with Gasteiger partial charge < -0.3 is 43.2 Å². The minimum absolute atomic E-state index is 0.000893. The van der Waals surface area contributed by atoms with E-state index < -0.39 is 41.4 Å². The third-order valence-corrected chi connectivity index (χ3v) is 6.50. The zero-order valence-electron chi connectivity index (χ0n) is 27.1. The van der Waals surface area contributed by atoms with Crippen LogP contribution >= 0.6 is 0 Å². The second-order valence-corrected chi connectivity index (χ2v) is 10.4. The summed E-state index contributed by atoms with van der Waals surface area (Å²) in [5.74, 6) is -8.30. The Balaban J connectivity index is 1.79. The number of benzene rings is 1. The second kappa shape index (κ2) is 26.6. The van der Waals surface area contributed by atoms with Crippen molar-refractivity contribution >= 4 is 11.9 Å². The summed E-state index contributed by atoms with van der Waals surface area (Å²) in [5, 5.41) is 2.91. The fourth-order valence-electron chi connectivity index (χ4n) is 3.41. The van der Waals surface area contributed by atoms with Gasteiger partial charge in [0.05, 0.1) is 98.9 Å². The maximum absolute atomic E-state index is 13.5. The number of ether oxygens (including phenoxy) is 8. The van der Waals surface area contributed by atoms with E-state index in [9.17, 15) is 27.2 Å². The highest BCUT2D eigenvalue weighted by Crippen LogP contribution is 2.26. The molecule has 0 aliphatic carbocycles. The van der Waals surface area contributed by atoms with Crippen molar-refractivity contribution in [2.24, 2.45) is 11.8 Å². The van der Waals surface area contributed by atoms with Crippen LogP contribution in [-0.2, 0) is 42.7 Å². The van der Waals surface area contributed by atoms with Crippen LogP contribution in [-0.4, -0.2) is 111 Å². The zero-order valence-corrected chi connectivity index (χ0v) is 27.1. The van der Waals surface area contributed by atoms with Crippen molar-refractivity contribution in [2.45, 2.75) is 40.0 Å². The number of hydrogen-bond donors (Lipinski definition) is 1. The fraction of sp³-hybridized carbons (Fsp3) is 0.742. The van der Waals surface area contributed by atoms with Crippen molar-refractivity contribution in [1.29, 1.82) is 0 Å². The predicted octanol–water partition coefficient (Wildman–Crippen LogP) is 3.84. The minimum atomic E-state index is -1.79. The van der Waals surface area contributed by atoms with Gasteiger partial charge in [0.15, 0.2) is 11.6 Å².